The van der Waals surface area contributed by atoms with Gasteiger partial charge in [-0.2, -0.15) is 0 Å². The van der Waals surface area contributed by atoms with Gasteiger partial charge in [-0.25, -0.2) is 0 Å². The molecule has 6 nitrogen and oxygen atoms in total. The largest absolute Gasteiger partial charge is 0.573 e. The molecule has 1 atom stereocenters. The molecular formula is C29H26F3NO5. The minimum Gasteiger partial charge on any atom is -0.507 e. The number of halogens is 3. The van der Waals surface area contributed by atoms with Gasteiger partial charge < -0.3 is 14.6 Å². The van der Waals surface area contributed by atoms with Crippen LogP contribution in [0.3, 0.4) is 0 Å². The maximum Gasteiger partial charge on any atom is 0.573 e. The Morgan fingerprint density at radius 2 is 1.68 bits per heavy atom. The van der Waals surface area contributed by atoms with Gasteiger partial charge in [-0.1, -0.05) is 43.7 Å². The van der Waals surface area contributed by atoms with Gasteiger partial charge in [-0.3, -0.25) is 14.5 Å². The average molecular weight is 526 g/mol. The van der Waals surface area contributed by atoms with Crippen molar-refractivity contribution < 1.29 is 37.3 Å². The number of anilines is 1. The number of carbonyl (C=O) groups is 2. The van der Waals surface area contributed by atoms with Crippen LogP contribution in [0.15, 0.2) is 72.3 Å². The van der Waals surface area contributed by atoms with Crippen LogP contribution in [0.2, 0.25) is 0 Å². The van der Waals surface area contributed by atoms with E-state index in [9.17, 15) is 27.9 Å². The molecule has 0 spiro atoms. The number of aliphatic hydroxyl groups is 1. The lowest BCUT2D eigenvalue weighted by Crippen LogP contribution is -2.29. The summed E-state index contributed by atoms with van der Waals surface area (Å²) in [6.07, 6.45) is -4.88. The normalized spacial score (nSPS) is 17.3. The summed E-state index contributed by atoms with van der Waals surface area (Å²) in [5, 5.41) is 11.4. The summed E-state index contributed by atoms with van der Waals surface area (Å²) < 4.78 is 47.2. The monoisotopic (exact) mass is 525 g/mol. The third-order valence-electron chi connectivity index (χ3n) is 6.28. The van der Waals surface area contributed by atoms with E-state index < -0.39 is 29.8 Å². The number of alkyl halides is 3. The predicted molar refractivity (Wildman–Crippen MR) is 136 cm³/mol. The molecule has 1 saturated heterocycles. The molecule has 1 aliphatic heterocycles. The van der Waals surface area contributed by atoms with E-state index >= 15 is 0 Å². The molecule has 0 saturated carbocycles. The van der Waals surface area contributed by atoms with Crippen LogP contribution in [0.25, 0.3) is 5.76 Å². The fraction of sp³-hybridized carbons (Fsp3) is 0.241. The number of ether oxygens (including phenoxy) is 2. The Morgan fingerprint density at radius 1 is 1.00 bits per heavy atom. The van der Waals surface area contributed by atoms with Crippen molar-refractivity contribution in [3.63, 3.8) is 0 Å². The number of amides is 1. The molecule has 1 fully saturated rings. The van der Waals surface area contributed by atoms with Crippen LogP contribution < -0.4 is 14.4 Å². The van der Waals surface area contributed by atoms with Crippen LogP contribution >= 0.6 is 0 Å². The van der Waals surface area contributed by atoms with Gasteiger partial charge >= 0.3 is 6.36 Å². The molecule has 4 rings (SSSR count). The van der Waals surface area contributed by atoms with E-state index in [0.717, 1.165) is 23.3 Å². The first kappa shape index (κ1) is 26.8. The van der Waals surface area contributed by atoms with E-state index in [1.54, 1.807) is 36.4 Å². The van der Waals surface area contributed by atoms with E-state index in [1.807, 2.05) is 26.8 Å². The minimum absolute atomic E-state index is 0.0464. The Labute approximate surface area is 217 Å². The molecule has 1 heterocycles. The fourth-order valence-electron chi connectivity index (χ4n) is 4.55. The second-order valence-corrected chi connectivity index (χ2v) is 9.24. The maximum atomic E-state index is 13.4. The number of aryl methyl sites for hydroxylation is 1. The zero-order valence-electron chi connectivity index (χ0n) is 21.2. The first-order chi connectivity index (χ1) is 17.9. The number of carbonyl (C=O) groups excluding carboxylic acids is 2. The summed E-state index contributed by atoms with van der Waals surface area (Å²) >= 11 is 0. The van der Waals surface area contributed by atoms with Gasteiger partial charge in [-0.05, 0) is 66.4 Å². The van der Waals surface area contributed by atoms with E-state index in [2.05, 4.69) is 4.74 Å². The van der Waals surface area contributed by atoms with Crippen LogP contribution in [-0.2, 0) is 9.59 Å². The Kier molecular flexibility index (Phi) is 7.22. The lowest BCUT2D eigenvalue weighted by atomic mass is 9.92. The number of ketones is 1. The molecule has 0 radical (unpaired) electrons. The summed E-state index contributed by atoms with van der Waals surface area (Å²) in [4.78, 5) is 27.8. The Hall–Kier alpha value is -4.27. The zero-order chi connectivity index (χ0) is 27.8. The second kappa shape index (κ2) is 10.2. The molecule has 38 heavy (non-hydrogen) atoms. The van der Waals surface area contributed by atoms with Crippen molar-refractivity contribution in [1.82, 2.24) is 0 Å². The lowest BCUT2D eigenvalue weighted by Gasteiger charge is -2.26. The van der Waals surface area contributed by atoms with Crippen molar-refractivity contribution in [2.45, 2.75) is 39.1 Å². The molecule has 198 valence electrons. The molecule has 1 amide bonds. The highest BCUT2D eigenvalue weighted by Gasteiger charge is 2.47. The summed E-state index contributed by atoms with van der Waals surface area (Å²) in [6, 6.07) is 15.7. The maximum absolute atomic E-state index is 13.4. The van der Waals surface area contributed by atoms with Crippen molar-refractivity contribution >= 4 is 23.1 Å². The standard InChI is InChI=1S/C29H26F3NO5/c1-16(2)22-15-19(8-13-23(22)37-4)26(34)24-25(18-7-5-6-17(3)14-18)33(28(36)27(24)35)20-9-11-21(12-10-20)38-29(30,31)32/h5-16,25,34H,1-4H3/b26-24-. The first-order valence-electron chi connectivity index (χ1n) is 11.8. The molecule has 0 bridgehead atoms. The van der Waals surface area contributed by atoms with Gasteiger partial charge in [-0.15, -0.1) is 13.2 Å². The molecule has 0 aromatic heterocycles. The van der Waals surface area contributed by atoms with Gasteiger partial charge in [0.15, 0.2) is 0 Å². The topological polar surface area (TPSA) is 76.1 Å². The number of methoxy groups -OCH3 is 1. The van der Waals surface area contributed by atoms with Crippen LogP contribution in [0, 0.1) is 6.92 Å². The molecular weight excluding hydrogens is 499 g/mol. The predicted octanol–water partition coefficient (Wildman–Crippen LogP) is 6.65. The third kappa shape index (κ3) is 5.22. The fourth-order valence-corrected chi connectivity index (χ4v) is 4.55. The minimum atomic E-state index is -4.88. The molecule has 0 aliphatic carbocycles. The van der Waals surface area contributed by atoms with E-state index in [1.165, 1.54) is 24.1 Å². The smallest absolute Gasteiger partial charge is 0.507 e. The molecule has 3 aromatic carbocycles. The Morgan fingerprint density at radius 3 is 2.26 bits per heavy atom. The number of nitrogens with zero attached hydrogens (tertiary/aromatic N) is 1. The highest BCUT2D eigenvalue weighted by atomic mass is 19.4. The third-order valence-corrected chi connectivity index (χ3v) is 6.28. The van der Waals surface area contributed by atoms with E-state index in [-0.39, 0.29) is 22.9 Å². The SMILES string of the molecule is COc1ccc(/C(O)=C2/C(=O)C(=O)N(c3ccc(OC(F)(F)F)cc3)C2c2cccc(C)c2)cc1C(C)C. The molecule has 1 N–H and O–H groups in total. The molecule has 1 unspecified atom stereocenters. The van der Waals surface area contributed by atoms with Crippen LogP contribution in [-0.4, -0.2) is 30.3 Å². The van der Waals surface area contributed by atoms with Gasteiger partial charge in [0.2, 0.25) is 0 Å². The van der Waals surface area contributed by atoms with Crippen molar-refractivity contribution in [2.75, 3.05) is 12.0 Å². The van der Waals surface area contributed by atoms with Gasteiger partial charge in [0, 0.05) is 11.3 Å². The quantitative estimate of drug-likeness (QED) is 0.222. The average Bonchev–Trinajstić information content (AvgIpc) is 3.13. The van der Waals surface area contributed by atoms with Crippen molar-refractivity contribution in [2.24, 2.45) is 0 Å². The summed E-state index contributed by atoms with van der Waals surface area (Å²) in [7, 11) is 1.54. The zero-order valence-corrected chi connectivity index (χ0v) is 21.2. The molecule has 9 heteroatoms. The van der Waals surface area contributed by atoms with Crippen LogP contribution in [0.4, 0.5) is 18.9 Å². The number of Topliss-reactive ketones (excluding diaryl/α,β-unsaturated/α-hetero) is 1. The number of aliphatic hydroxyl groups excluding tert-OH is 1. The van der Waals surface area contributed by atoms with Crippen LogP contribution in [0.1, 0.15) is 48.1 Å². The van der Waals surface area contributed by atoms with Crippen molar-refractivity contribution in [3.8, 4) is 11.5 Å². The van der Waals surface area contributed by atoms with Crippen molar-refractivity contribution in [1.29, 1.82) is 0 Å². The summed E-state index contributed by atoms with van der Waals surface area (Å²) in [5.74, 6) is -1.99. The second-order valence-electron chi connectivity index (χ2n) is 9.24. The first-order valence-corrected chi connectivity index (χ1v) is 11.8. The van der Waals surface area contributed by atoms with E-state index in [0.29, 0.717) is 16.9 Å². The Bertz CT molecular complexity index is 1410. The number of hydrogen-bond donors (Lipinski definition) is 1. The summed E-state index contributed by atoms with van der Waals surface area (Å²) in [6.45, 7) is 5.76. The molecule has 1 aliphatic rings. The Balaban J connectivity index is 1.88. The van der Waals surface area contributed by atoms with Gasteiger partial charge in [0.05, 0.1) is 18.7 Å². The highest BCUT2D eigenvalue weighted by molar-refractivity contribution is 6.51. The highest BCUT2D eigenvalue weighted by Crippen LogP contribution is 2.43. The molecule has 3 aromatic rings. The van der Waals surface area contributed by atoms with Crippen molar-refractivity contribution in [3.05, 3.63) is 94.6 Å². The number of benzene rings is 3. The van der Waals surface area contributed by atoms with Gasteiger partial charge in [0.1, 0.15) is 17.3 Å². The van der Waals surface area contributed by atoms with Crippen LogP contribution in [0.5, 0.6) is 11.5 Å². The number of rotatable bonds is 6. The van der Waals surface area contributed by atoms with E-state index in [4.69, 9.17) is 4.74 Å². The number of hydrogen-bond acceptors (Lipinski definition) is 5. The lowest BCUT2D eigenvalue weighted by molar-refractivity contribution is -0.274. The summed E-state index contributed by atoms with van der Waals surface area (Å²) in [5.41, 5.74) is 2.59. The van der Waals surface area contributed by atoms with Gasteiger partial charge in [0.25, 0.3) is 11.7 Å².